The van der Waals surface area contributed by atoms with Gasteiger partial charge in [0, 0.05) is 16.6 Å². The third-order valence-electron chi connectivity index (χ3n) is 3.33. The molecule has 0 N–H and O–H groups in total. The van der Waals surface area contributed by atoms with E-state index in [2.05, 4.69) is 0 Å². The Labute approximate surface area is 145 Å². The SMILES string of the molecule is CC(C)N(c1ccc(Cl)cc1)S(=O)(=O)CC(=O)c1ccc(F)cc1. The fourth-order valence-electron chi connectivity index (χ4n) is 2.32. The lowest BCUT2D eigenvalue weighted by Crippen LogP contribution is -2.40. The molecular formula is C17H17ClFNO3S. The number of benzene rings is 2. The summed E-state index contributed by atoms with van der Waals surface area (Å²) in [7, 11) is -3.90. The van der Waals surface area contributed by atoms with Crippen LogP contribution in [-0.2, 0) is 10.0 Å². The Bertz CT molecular complexity index is 818. The molecule has 0 spiro atoms. The number of rotatable bonds is 6. The number of nitrogens with zero attached hydrogens (tertiary/aromatic N) is 1. The number of anilines is 1. The van der Waals surface area contributed by atoms with Gasteiger partial charge in [0.2, 0.25) is 10.0 Å². The maximum absolute atomic E-state index is 12.9. The van der Waals surface area contributed by atoms with Crippen LogP contribution in [0.25, 0.3) is 0 Å². The summed E-state index contributed by atoms with van der Waals surface area (Å²) in [6, 6.07) is 10.8. The first kappa shape index (κ1) is 18.4. The van der Waals surface area contributed by atoms with Crippen molar-refractivity contribution in [2.75, 3.05) is 10.1 Å². The van der Waals surface area contributed by atoms with Crippen molar-refractivity contribution in [1.82, 2.24) is 0 Å². The molecule has 7 heteroatoms. The molecule has 0 aliphatic heterocycles. The van der Waals surface area contributed by atoms with Crippen molar-refractivity contribution in [3.8, 4) is 0 Å². The second-order valence-corrected chi connectivity index (χ2v) is 7.83. The van der Waals surface area contributed by atoms with Gasteiger partial charge in [-0.2, -0.15) is 0 Å². The molecule has 0 unspecified atom stereocenters. The zero-order valence-electron chi connectivity index (χ0n) is 13.2. The Morgan fingerprint density at radius 1 is 1.08 bits per heavy atom. The zero-order chi connectivity index (χ0) is 17.9. The van der Waals surface area contributed by atoms with Crippen LogP contribution in [-0.4, -0.2) is 26.0 Å². The van der Waals surface area contributed by atoms with E-state index in [1.165, 1.54) is 16.4 Å². The molecule has 0 aliphatic carbocycles. The van der Waals surface area contributed by atoms with Gasteiger partial charge in [0.25, 0.3) is 0 Å². The second kappa shape index (κ2) is 7.32. The normalized spacial score (nSPS) is 11.5. The first-order valence-electron chi connectivity index (χ1n) is 7.27. The van der Waals surface area contributed by atoms with E-state index in [4.69, 9.17) is 11.6 Å². The highest BCUT2D eigenvalue weighted by Crippen LogP contribution is 2.24. The molecule has 0 bridgehead atoms. The number of hydrogen-bond donors (Lipinski definition) is 0. The van der Waals surface area contributed by atoms with E-state index in [1.807, 2.05) is 0 Å². The Kier molecular flexibility index (Phi) is 5.62. The Balaban J connectivity index is 2.30. The van der Waals surface area contributed by atoms with Gasteiger partial charge in [-0.3, -0.25) is 9.10 Å². The van der Waals surface area contributed by atoms with Gasteiger partial charge in [0.15, 0.2) is 5.78 Å². The number of carbonyl (C=O) groups excluding carboxylic acids is 1. The highest BCUT2D eigenvalue weighted by molar-refractivity contribution is 7.93. The number of carbonyl (C=O) groups is 1. The molecule has 0 amide bonds. The average Bonchev–Trinajstić information content (AvgIpc) is 2.49. The quantitative estimate of drug-likeness (QED) is 0.725. The smallest absolute Gasteiger partial charge is 0.242 e. The summed E-state index contributed by atoms with van der Waals surface area (Å²) >= 11 is 5.83. The lowest BCUT2D eigenvalue weighted by Gasteiger charge is -2.28. The molecule has 2 aromatic carbocycles. The molecule has 2 rings (SSSR count). The van der Waals surface area contributed by atoms with Crippen LogP contribution in [0.2, 0.25) is 5.02 Å². The summed E-state index contributed by atoms with van der Waals surface area (Å²) in [5.74, 6) is -1.77. The van der Waals surface area contributed by atoms with Crippen LogP contribution in [0.5, 0.6) is 0 Å². The van der Waals surface area contributed by atoms with Crippen molar-refractivity contribution in [2.45, 2.75) is 19.9 Å². The Hall–Kier alpha value is -1.92. The lowest BCUT2D eigenvalue weighted by atomic mass is 10.1. The minimum absolute atomic E-state index is 0.153. The molecule has 0 fully saturated rings. The highest BCUT2D eigenvalue weighted by Gasteiger charge is 2.28. The first-order valence-corrected chi connectivity index (χ1v) is 9.26. The maximum Gasteiger partial charge on any atom is 0.242 e. The third-order valence-corrected chi connectivity index (χ3v) is 5.44. The minimum Gasteiger partial charge on any atom is -0.293 e. The predicted molar refractivity (Wildman–Crippen MR) is 93.6 cm³/mol. The summed E-state index contributed by atoms with van der Waals surface area (Å²) < 4.78 is 39.5. The van der Waals surface area contributed by atoms with Gasteiger partial charge in [-0.25, -0.2) is 12.8 Å². The highest BCUT2D eigenvalue weighted by atomic mass is 35.5. The topological polar surface area (TPSA) is 54.5 Å². The molecule has 0 saturated carbocycles. The van der Waals surface area contributed by atoms with Gasteiger partial charge >= 0.3 is 0 Å². The summed E-state index contributed by atoms with van der Waals surface area (Å²) in [4.78, 5) is 12.2. The molecule has 0 radical (unpaired) electrons. The number of sulfonamides is 1. The van der Waals surface area contributed by atoms with Crippen LogP contribution in [0, 0.1) is 5.82 Å². The summed E-state index contributed by atoms with van der Waals surface area (Å²) in [6.07, 6.45) is 0. The molecule has 0 atom stereocenters. The van der Waals surface area contributed by atoms with Crippen molar-refractivity contribution in [3.63, 3.8) is 0 Å². The lowest BCUT2D eigenvalue weighted by molar-refractivity contribution is 0.102. The molecule has 128 valence electrons. The van der Waals surface area contributed by atoms with Crippen molar-refractivity contribution in [2.24, 2.45) is 0 Å². The van der Waals surface area contributed by atoms with Crippen LogP contribution < -0.4 is 4.31 Å². The molecule has 0 aliphatic rings. The average molecular weight is 370 g/mol. The fraction of sp³-hybridized carbons (Fsp3) is 0.235. The van der Waals surface area contributed by atoms with Crippen LogP contribution in [0.4, 0.5) is 10.1 Å². The van der Waals surface area contributed by atoms with Gasteiger partial charge < -0.3 is 0 Å². The Morgan fingerprint density at radius 3 is 2.12 bits per heavy atom. The van der Waals surface area contributed by atoms with E-state index in [0.29, 0.717) is 10.7 Å². The van der Waals surface area contributed by atoms with E-state index in [9.17, 15) is 17.6 Å². The fourth-order valence-corrected chi connectivity index (χ4v) is 4.17. The molecule has 2 aromatic rings. The number of Topliss-reactive ketones (excluding diaryl/α,β-unsaturated/α-hetero) is 1. The van der Waals surface area contributed by atoms with E-state index in [1.54, 1.807) is 38.1 Å². The van der Waals surface area contributed by atoms with E-state index >= 15 is 0 Å². The van der Waals surface area contributed by atoms with E-state index in [-0.39, 0.29) is 11.6 Å². The van der Waals surface area contributed by atoms with Crippen LogP contribution >= 0.6 is 11.6 Å². The Morgan fingerprint density at radius 2 is 1.62 bits per heavy atom. The molecular weight excluding hydrogens is 353 g/mol. The van der Waals surface area contributed by atoms with Gasteiger partial charge in [-0.15, -0.1) is 0 Å². The number of halogens is 2. The standard InChI is InChI=1S/C17H17ClFNO3S/c1-12(2)20(16-9-5-14(18)6-10-16)24(22,23)11-17(21)13-3-7-15(19)8-4-13/h3-10,12H,11H2,1-2H3. The monoisotopic (exact) mass is 369 g/mol. The number of ketones is 1. The molecule has 0 heterocycles. The number of hydrogen-bond acceptors (Lipinski definition) is 3. The van der Waals surface area contributed by atoms with Crippen molar-refractivity contribution < 1.29 is 17.6 Å². The summed E-state index contributed by atoms with van der Waals surface area (Å²) in [6.45, 7) is 3.43. The molecule has 4 nitrogen and oxygen atoms in total. The van der Waals surface area contributed by atoms with Gasteiger partial charge in [0.05, 0.1) is 5.69 Å². The zero-order valence-corrected chi connectivity index (χ0v) is 14.8. The maximum atomic E-state index is 12.9. The minimum atomic E-state index is -3.90. The van der Waals surface area contributed by atoms with E-state index < -0.39 is 27.4 Å². The second-order valence-electron chi connectivity index (χ2n) is 5.55. The van der Waals surface area contributed by atoms with Crippen molar-refractivity contribution in [1.29, 1.82) is 0 Å². The van der Waals surface area contributed by atoms with Crippen molar-refractivity contribution in [3.05, 3.63) is 64.9 Å². The molecule has 24 heavy (non-hydrogen) atoms. The third kappa shape index (κ3) is 4.33. The van der Waals surface area contributed by atoms with Crippen molar-refractivity contribution >= 4 is 33.1 Å². The summed E-state index contributed by atoms with van der Waals surface area (Å²) in [5.41, 5.74) is 0.584. The predicted octanol–water partition coefficient (Wildman–Crippen LogP) is 3.91. The van der Waals surface area contributed by atoms with Gasteiger partial charge in [-0.1, -0.05) is 11.6 Å². The van der Waals surface area contributed by atoms with E-state index in [0.717, 1.165) is 12.1 Å². The molecule has 0 aromatic heterocycles. The van der Waals surface area contributed by atoms with Crippen LogP contribution in [0.3, 0.4) is 0 Å². The summed E-state index contributed by atoms with van der Waals surface area (Å²) in [5, 5.41) is 0.488. The van der Waals surface area contributed by atoms with Gasteiger partial charge in [-0.05, 0) is 62.4 Å². The molecule has 0 saturated heterocycles. The first-order chi connectivity index (χ1) is 11.2. The van der Waals surface area contributed by atoms with Crippen LogP contribution in [0.1, 0.15) is 24.2 Å². The van der Waals surface area contributed by atoms with Gasteiger partial charge in [0.1, 0.15) is 11.6 Å². The van der Waals surface area contributed by atoms with Crippen LogP contribution in [0.15, 0.2) is 48.5 Å². The largest absolute Gasteiger partial charge is 0.293 e.